The lowest BCUT2D eigenvalue weighted by molar-refractivity contribution is 0.660. The van der Waals surface area contributed by atoms with Gasteiger partial charge in [-0.15, -0.1) is 0 Å². The van der Waals surface area contributed by atoms with Crippen molar-refractivity contribution < 1.29 is 4.42 Å². The molecule has 252 valence electrons. The van der Waals surface area contributed by atoms with Gasteiger partial charge in [-0.1, -0.05) is 159 Å². The molecule has 1 aliphatic rings. The number of nitrogens with zero attached hydrogens (tertiary/aromatic N) is 1. The van der Waals surface area contributed by atoms with Gasteiger partial charge in [0.2, 0.25) is 0 Å². The van der Waals surface area contributed by atoms with Crippen LogP contribution in [0.2, 0.25) is 0 Å². The molecule has 0 fully saturated rings. The molecule has 2 nitrogen and oxygen atoms in total. The summed E-state index contributed by atoms with van der Waals surface area (Å²) < 4.78 is 6.14. The van der Waals surface area contributed by atoms with Gasteiger partial charge in [-0.05, 0) is 87.0 Å². The van der Waals surface area contributed by atoms with Crippen molar-refractivity contribution in [2.75, 3.05) is 4.90 Å². The van der Waals surface area contributed by atoms with E-state index in [2.05, 4.69) is 195 Å². The minimum atomic E-state index is -0.0852. The van der Waals surface area contributed by atoms with E-state index >= 15 is 0 Å². The van der Waals surface area contributed by atoms with Gasteiger partial charge in [-0.25, -0.2) is 0 Å². The molecule has 10 rings (SSSR count). The molecule has 0 N–H and O–H groups in total. The first-order valence-corrected chi connectivity index (χ1v) is 18.4. The van der Waals surface area contributed by atoms with Crippen LogP contribution in [0.3, 0.4) is 0 Å². The Bertz CT molecular complexity index is 2810. The Morgan fingerprint density at radius 3 is 1.79 bits per heavy atom. The van der Waals surface area contributed by atoms with Crippen molar-refractivity contribution in [1.82, 2.24) is 0 Å². The van der Waals surface area contributed by atoms with E-state index in [0.717, 1.165) is 50.1 Å². The van der Waals surface area contributed by atoms with Crippen LogP contribution in [-0.2, 0) is 5.41 Å². The third-order valence-corrected chi connectivity index (χ3v) is 11.1. The summed E-state index contributed by atoms with van der Waals surface area (Å²) in [5.41, 5.74) is 17.6. The molecule has 0 saturated heterocycles. The highest BCUT2D eigenvalue weighted by Gasteiger charge is 2.37. The van der Waals surface area contributed by atoms with E-state index in [0.29, 0.717) is 0 Å². The fourth-order valence-corrected chi connectivity index (χ4v) is 8.52. The molecule has 0 spiro atoms. The standard InChI is InChI=1S/C51H37NO/c1-51(2)44-22-10-6-20-42(44)50-41(21-14-23-45(50)51)39-18-8-12-25-47(39)52(46-24-11-7-17-38(46)35-15-4-3-5-16-35)37-30-27-34(28-31-37)36-29-32-49-43(33-36)40-19-9-13-26-48(40)53-49/h3-33H,1-2H3. The fourth-order valence-electron chi connectivity index (χ4n) is 8.52. The van der Waals surface area contributed by atoms with Crippen LogP contribution in [-0.4, -0.2) is 0 Å². The number of rotatable bonds is 6. The molecule has 0 radical (unpaired) electrons. The zero-order valence-corrected chi connectivity index (χ0v) is 29.8. The predicted molar refractivity (Wildman–Crippen MR) is 222 cm³/mol. The van der Waals surface area contributed by atoms with Gasteiger partial charge >= 0.3 is 0 Å². The van der Waals surface area contributed by atoms with Crippen molar-refractivity contribution in [2.24, 2.45) is 0 Å². The minimum absolute atomic E-state index is 0.0852. The number of anilines is 3. The van der Waals surface area contributed by atoms with Crippen LogP contribution in [0.25, 0.3) is 66.4 Å². The van der Waals surface area contributed by atoms with Gasteiger partial charge < -0.3 is 9.32 Å². The molecule has 0 atom stereocenters. The maximum absolute atomic E-state index is 6.14. The first kappa shape index (κ1) is 31.1. The van der Waals surface area contributed by atoms with Crippen LogP contribution in [0.1, 0.15) is 25.0 Å². The Hall–Kier alpha value is -6.64. The summed E-state index contributed by atoms with van der Waals surface area (Å²) in [6.07, 6.45) is 0. The van der Waals surface area contributed by atoms with Crippen LogP contribution in [0, 0.1) is 0 Å². The molecule has 0 saturated carbocycles. The molecular weight excluding hydrogens is 643 g/mol. The van der Waals surface area contributed by atoms with Gasteiger partial charge in [0, 0.05) is 33.0 Å². The van der Waals surface area contributed by atoms with E-state index in [1.54, 1.807) is 0 Å². The molecule has 1 heterocycles. The van der Waals surface area contributed by atoms with Gasteiger partial charge in [0.15, 0.2) is 0 Å². The lowest BCUT2D eigenvalue weighted by atomic mass is 9.82. The monoisotopic (exact) mass is 679 g/mol. The molecule has 0 bridgehead atoms. The maximum Gasteiger partial charge on any atom is 0.135 e. The highest BCUT2D eigenvalue weighted by molar-refractivity contribution is 6.06. The Balaban J connectivity index is 1.16. The van der Waals surface area contributed by atoms with Crippen LogP contribution < -0.4 is 4.90 Å². The summed E-state index contributed by atoms with van der Waals surface area (Å²) in [6.45, 7) is 4.70. The Morgan fingerprint density at radius 1 is 0.396 bits per heavy atom. The number of hydrogen-bond donors (Lipinski definition) is 0. The van der Waals surface area contributed by atoms with Gasteiger partial charge in [0.25, 0.3) is 0 Å². The normalized spacial score (nSPS) is 12.9. The quantitative estimate of drug-likeness (QED) is 0.174. The van der Waals surface area contributed by atoms with Crippen LogP contribution >= 0.6 is 0 Å². The van der Waals surface area contributed by atoms with E-state index in [9.17, 15) is 0 Å². The zero-order chi connectivity index (χ0) is 35.5. The summed E-state index contributed by atoms with van der Waals surface area (Å²) in [7, 11) is 0. The van der Waals surface area contributed by atoms with Crippen LogP contribution in [0.5, 0.6) is 0 Å². The first-order chi connectivity index (χ1) is 26.1. The van der Waals surface area contributed by atoms with Gasteiger partial charge in [0.1, 0.15) is 11.2 Å². The second kappa shape index (κ2) is 12.3. The highest BCUT2D eigenvalue weighted by Crippen LogP contribution is 2.54. The van der Waals surface area contributed by atoms with Crippen molar-refractivity contribution in [2.45, 2.75) is 19.3 Å². The van der Waals surface area contributed by atoms with E-state index in [4.69, 9.17) is 4.42 Å². The average Bonchev–Trinajstić information content (AvgIpc) is 3.70. The van der Waals surface area contributed by atoms with E-state index < -0.39 is 0 Å². The van der Waals surface area contributed by atoms with Crippen molar-refractivity contribution in [1.29, 1.82) is 0 Å². The summed E-state index contributed by atoms with van der Waals surface area (Å²) >= 11 is 0. The van der Waals surface area contributed by atoms with E-state index in [-0.39, 0.29) is 5.41 Å². The third-order valence-electron chi connectivity index (χ3n) is 11.1. The average molecular weight is 680 g/mol. The third kappa shape index (κ3) is 5.02. The Labute approximate surface area is 310 Å². The first-order valence-electron chi connectivity index (χ1n) is 18.4. The summed E-state index contributed by atoms with van der Waals surface area (Å²) in [5, 5.41) is 2.27. The van der Waals surface area contributed by atoms with E-state index in [1.807, 2.05) is 12.1 Å². The van der Waals surface area contributed by atoms with Gasteiger partial charge in [-0.2, -0.15) is 0 Å². The Kier molecular flexibility index (Phi) is 7.19. The minimum Gasteiger partial charge on any atom is -0.456 e. The smallest absolute Gasteiger partial charge is 0.135 e. The second-order valence-electron chi connectivity index (χ2n) is 14.5. The zero-order valence-electron chi connectivity index (χ0n) is 29.8. The predicted octanol–water partition coefficient (Wildman–Crippen LogP) is 14.4. The van der Waals surface area contributed by atoms with Crippen molar-refractivity contribution in [3.8, 4) is 44.5 Å². The summed E-state index contributed by atoms with van der Waals surface area (Å²) in [6, 6.07) is 67.9. The molecule has 0 amide bonds. The van der Waals surface area contributed by atoms with E-state index in [1.165, 1.54) is 44.5 Å². The topological polar surface area (TPSA) is 16.4 Å². The fraction of sp³-hybridized carbons (Fsp3) is 0.0588. The van der Waals surface area contributed by atoms with Crippen LogP contribution in [0.15, 0.2) is 192 Å². The molecule has 8 aromatic carbocycles. The summed E-state index contributed by atoms with van der Waals surface area (Å²) in [5.74, 6) is 0. The molecule has 1 aliphatic carbocycles. The molecule has 9 aromatic rings. The number of furan rings is 1. The largest absolute Gasteiger partial charge is 0.456 e. The lowest BCUT2D eigenvalue weighted by Crippen LogP contribution is -2.15. The Morgan fingerprint density at radius 2 is 0.981 bits per heavy atom. The lowest BCUT2D eigenvalue weighted by Gasteiger charge is -2.30. The number of benzene rings is 8. The number of hydrogen-bond acceptors (Lipinski definition) is 2. The molecule has 1 aromatic heterocycles. The second-order valence-corrected chi connectivity index (χ2v) is 14.5. The number of fused-ring (bicyclic) bond motifs is 6. The summed E-state index contributed by atoms with van der Waals surface area (Å²) in [4.78, 5) is 2.44. The molecule has 53 heavy (non-hydrogen) atoms. The maximum atomic E-state index is 6.14. The highest BCUT2D eigenvalue weighted by atomic mass is 16.3. The van der Waals surface area contributed by atoms with Crippen molar-refractivity contribution in [3.05, 3.63) is 199 Å². The SMILES string of the molecule is CC1(C)c2ccccc2-c2c(-c3ccccc3N(c3ccc(-c4ccc5oc6ccccc6c5c4)cc3)c3ccccc3-c3ccccc3)cccc21. The molecule has 2 heteroatoms. The van der Waals surface area contributed by atoms with Crippen LogP contribution in [0.4, 0.5) is 17.1 Å². The molecule has 0 unspecified atom stereocenters. The van der Waals surface area contributed by atoms with Crippen molar-refractivity contribution >= 4 is 39.0 Å². The number of para-hydroxylation sites is 3. The van der Waals surface area contributed by atoms with Crippen molar-refractivity contribution in [3.63, 3.8) is 0 Å². The molecular formula is C51H37NO. The van der Waals surface area contributed by atoms with Gasteiger partial charge in [0.05, 0.1) is 11.4 Å². The van der Waals surface area contributed by atoms with Gasteiger partial charge in [-0.3, -0.25) is 0 Å². The molecule has 0 aliphatic heterocycles.